The van der Waals surface area contributed by atoms with Crippen LogP contribution in [0, 0.1) is 0 Å². The highest BCUT2D eigenvalue weighted by Gasteiger charge is 2.42. The average Bonchev–Trinajstić information content (AvgIpc) is 1.95. The van der Waals surface area contributed by atoms with Gasteiger partial charge in [0.05, 0.1) is 11.9 Å². The zero-order valence-electron chi connectivity index (χ0n) is 5.07. The molecule has 1 aliphatic heterocycles. The third-order valence-corrected chi connectivity index (χ3v) is 5.54. The number of sulfone groups is 1. The molecule has 0 unspecified atom stereocenters. The molecule has 0 spiro atoms. The second-order valence-corrected chi connectivity index (χ2v) is 6.09. The van der Waals surface area contributed by atoms with E-state index in [1.165, 1.54) is 0 Å². The number of alkyl halides is 1. The lowest BCUT2D eigenvalue weighted by atomic mass is 10.2. The normalized spacial score (nSPS) is 45.7. The van der Waals surface area contributed by atoms with Gasteiger partial charge in [-0.05, 0) is 0 Å². The van der Waals surface area contributed by atoms with Gasteiger partial charge in [-0.25, -0.2) is 8.42 Å². The summed E-state index contributed by atoms with van der Waals surface area (Å²) in [5.41, 5.74) is 5.29. The molecule has 1 rings (SSSR count). The molecule has 60 valence electrons. The number of nitrogens with two attached hydrogens (primary N) is 1. The summed E-state index contributed by atoms with van der Waals surface area (Å²) in [5, 5.41) is 9.05. The van der Waals surface area contributed by atoms with Crippen molar-refractivity contribution >= 4 is 25.8 Å². The van der Waals surface area contributed by atoms with Crippen LogP contribution >= 0.6 is 15.9 Å². The lowest BCUT2D eigenvalue weighted by Crippen LogP contribution is -2.34. The van der Waals surface area contributed by atoms with Gasteiger partial charge >= 0.3 is 0 Å². The predicted octanol–water partition coefficient (Wildman–Crippen LogP) is -1.18. The van der Waals surface area contributed by atoms with E-state index >= 15 is 0 Å². The Bertz CT molecular complexity index is 227. The van der Waals surface area contributed by atoms with E-state index in [0.29, 0.717) is 0 Å². The van der Waals surface area contributed by atoms with E-state index < -0.39 is 26.1 Å². The van der Waals surface area contributed by atoms with Crippen molar-refractivity contribution in [1.82, 2.24) is 0 Å². The second kappa shape index (κ2) is 2.44. The van der Waals surface area contributed by atoms with E-state index in [-0.39, 0.29) is 5.75 Å². The van der Waals surface area contributed by atoms with Crippen LogP contribution in [0.15, 0.2) is 0 Å². The largest absolute Gasteiger partial charge is 0.389 e. The molecule has 0 bridgehead atoms. The maximum absolute atomic E-state index is 10.9. The van der Waals surface area contributed by atoms with Crippen LogP contribution in [0.4, 0.5) is 0 Å². The maximum Gasteiger partial charge on any atom is 0.167 e. The van der Waals surface area contributed by atoms with Gasteiger partial charge in [-0.1, -0.05) is 15.9 Å². The first-order valence-electron chi connectivity index (χ1n) is 2.74. The van der Waals surface area contributed by atoms with E-state index in [0.717, 1.165) is 0 Å². The molecule has 1 aliphatic rings. The van der Waals surface area contributed by atoms with E-state index in [2.05, 4.69) is 15.9 Å². The number of rotatable bonds is 0. The lowest BCUT2D eigenvalue weighted by Gasteiger charge is -2.07. The molecule has 6 heteroatoms. The third-order valence-electron chi connectivity index (χ3n) is 1.48. The molecular weight excluding hydrogens is 222 g/mol. The van der Waals surface area contributed by atoms with Crippen LogP contribution < -0.4 is 5.73 Å². The molecule has 0 amide bonds. The molecule has 10 heavy (non-hydrogen) atoms. The van der Waals surface area contributed by atoms with Crippen molar-refractivity contribution in [2.24, 2.45) is 5.73 Å². The average molecular weight is 230 g/mol. The van der Waals surface area contributed by atoms with Gasteiger partial charge in [-0.15, -0.1) is 0 Å². The van der Waals surface area contributed by atoms with Gasteiger partial charge in [0, 0.05) is 6.04 Å². The van der Waals surface area contributed by atoms with Crippen molar-refractivity contribution < 1.29 is 13.5 Å². The van der Waals surface area contributed by atoms with Gasteiger partial charge in [0.15, 0.2) is 9.84 Å². The van der Waals surface area contributed by atoms with Crippen molar-refractivity contribution in [3.8, 4) is 0 Å². The summed E-state index contributed by atoms with van der Waals surface area (Å²) in [6.07, 6.45) is -0.968. The highest BCUT2D eigenvalue weighted by atomic mass is 79.9. The molecule has 1 fully saturated rings. The zero-order valence-corrected chi connectivity index (χ0v) is 7.47. The van der Waals surface area contributed by atoms with Crippen molar-refractivity contribution in [2.45, 2.75) is 16.3 Å². The van der Waals surface area contributed by atoms with Crippen molar-refractivity contribution in [3.63, 3.8) is 0 Å². The Hall–Kier alpha value is 0.350. The van der Waals surface area contributed by atoms with Crippen LogP contribution in [0.5, 0.6) is 0 Å². The highest BCUT2D eigenvalue weighted by molar-refractivity contribution is 9.11. The van der Waals surface area contributed by atoms with Crippen LogP contribution in [-0.4, -0.2) is 35.6 Å². The van der Waals surface area contributed by atoms with Crippen molar-refractivity contribution in [3.05, 3.63) is 0 Å². The predicted molar refractivity (Wildman–Crippen MR) is 40.5 cm³/mol. The fraction of sp³-hybridized carbons (Fsp3) is 1.00. The van der Waals surface area contributed by atoms with E-state index in [9.17, 15) is 8.42 Å². The summed E-state index contributed by atoms with van der Waals surface area (Å²) in [7, 11) is -3.18. The van der Waals surface area contributed by atoms with Crippen LogP contribution in [0.3, 0.4) is 0 Å². The molecule has 0 aromatic rings. The molecule has 3 atom stereocenters. The summed E-state index contributed by atoms with van der Waals surface area (Å²) in [6.45, 7) is 0. The Labute approximate surface area is 67.5 Å². The van der Waals surface area contributed by atoms with Crippen LogP contribution in [0.25, 0.3) is 0 Å². The van der Waals surface area contributed by atoms with Gasteiger partial charge in [0.2, 0.25) is 0 Å². The van der Waals surface area contributed by atoms with Crippen molar-refractivity contribution in [2.75, 3.05) is 5.75 Å². The minimum Gasteiger partial charge on any atom is -0.389 e. The number of halogens is 1. The van der Waals surface area contributed by atoms with Gasteiger partial charge < -0.3 is 10.8 Å². The van der Waals surface area contributed by atoms with E-state index in [4.69, 9.17) is 10.8 Å². The molecule has 0 radical (unpaired) electrons. The first kappa shape index (κ1) is 8.45. The Morgan fingerprint density at radius 2 is 2.10 bits per heavy atom. The molecule has 0 aliphatic carbocycles. The Morgan fingerprint density at radius 3 is 2.20 bits per heavy atom. The standard InChI is InChI=1S/C4H8BrNO3S/c5-4-3(7)2(6)1-10(4,8)9/h2-4,7H,1,6H2/t2-,3-,4-/m1/s1. The molecule has 0 aromatic carbocycles. The first-order chi connectivity index (χ1) is 4.45. The summed E-state index contributed by atoms with van der Waals surface area (Å²) < 4.78 is 20.9. The van der Waals surface area contributed by atoms with E-state index in [1.54, 1.807) is 0 Å². The lowest BCUT2D eigenvalue weighted by molar-refractivity contribution is 0.177. The smallest absolute Gasteiger partial charge is 0.167 e. The topological polar surface area (TPSA) is 80.4 Å². The van der Waals surface area contributed by atoms with Gasteiger partial charge in [0.1, 0.15) is 4.16 Å². The first-order valence-corrected chi connectivity index (χ1v) is 5.37. The summed E-state index contributed by atoms with van der Waals surface area (Å²) in [5.74, 6) is -0.135. The number of aliphatic hydroxyl groups is 1. The van der Waals surface area contributed by atoms with Crippen molar-refractivity contribution in [1.29, 1.82) is 0 Å². The Balaban J connectivity index is 2.93. The minimum absolute atomic E-state index is 0.135. The van der Waals surface area contributed by atoms with Crippen LogP contribution in [-0.2, 0) is 9.84 Å². The summed E-state index contributed by atoms with van der Waals surface area (Å²) >= 11 is 2.85. The second-order valence-electron chi connectivity index (χ2n) is 2.34. The molecule has 1 saturated heterocycles. The Morgan fingerprint density at radius 1 is 1.60 bits per heavy atom. The molecule has 0 saturated carbocycles. The number of aliphatic hydroxyl groups excluding tert-OH is 1. The molecule has 3 N–H and O–H groups in total. The summed E-state index contributed by atoms with van der Waals surface area (Å²) in [6, 6.07) is -0.644. The van der Waals surface area contributed by atoms with Gasteiger partial charge in [-0.3, -0.25) is 0 Å². The molecule has 1 heterocycles. The fourth-order valence-corrected chi connectivity index (χ4v) is 3.26. The fourth-order valence-electron chi connectivity index (χ4n) is 0.866. The van der Waals surface area contributed by atoms with Crippen LogP contribution in [0.1, 0.15) is 0 Å². The molecular formula is C4H8BrNO3S. The quantitative estimate of drug-likeness (QED) is 0.513. The third kappa shape index (κ3) is 1.20. The van der Waals surface area contributed by atoms with E-state index in [1.807, 2.05) is 0 Å². The molecule has 4 nitrogen and oxygen atoms in total. The SMILES string of the molecule is N[C@@H]1CS(=O)(=O)[C@@H](Br)[C@@H]1O. The van der Waals surface area contributed by atoms with Gasteiger partial charge in [-0.2, -0.15) is 0 Å². The van der Waals surface area contributed by atoms with Gasteiger partial charge in [0.25, 0.3) is 0 Å². The monoisotopic (exact) mass is 229 g/mol. The summed E-state index contributed by atoms with van der Waals surface area (Å²) in [4.78, 5) is 0. The molecule has 0 aromatic heterocycles. The number of hydrogen-bond acceptors (Lipinski definition) is 4. The number of hydrogen-bond donors (Lipinski definition) is 2. The minimum atomic E-state index is -3.18. The zero-order chi connectivity index (χ0) is 7.94. The van der Waals surface area contributed by atoms with Crippen LogP contribution in [0.2, 0.25) is 0 Å². The maximum atomic E-state index is 10.9. The highest BCUT2D eigenvalue weighted by Crippen LogP contribution is 2.24. The Kier molecular flexibility index (Phi) is 2.06.